The Hall–Kier alpha value is -0.120. The van der Waals surface area contributed by atoms with Crippen LogP contribution in [0.3, 0.4) is 0 Å². The van der Waals surface area contributed by atoms with Crippen molar-refractivity contribution < 1.29 is 9.84 Å². The fourth-order valence-electron chi connectivity index (χ4n) is 2.73. The standard InChI is InChI=1S/C11H21NO2/c1-3-12-6-4-11(5-7-12)9(2)10(13)8-14-11/h9-10,13H,3-8H2,1-2H3. The van der Waals surface area contributed by atoms with Crippen molar-refractivity contribution in [3.05, 3.63) is 0 Å². The van der Waals surface area contributed by atoms with Gasteiger partial charge in [0.05, 0.1) is 18.3 Å². The minimum Gasteiger partial charge on any atom is -0.390 e. The second kappa shape index (κ2) is 3.80. The van der Waals surface area contributed by atoms with Crippen LogP contribution in [0.15, 0.2) is 0 Å². The zero-order valence-electron chi connectivity index (χ0n) is 9.20. The van der Waals surface area contributed by atoms with E-state index in [1.54, 1.807) is 0 Å². The first kappa shape index (κ1) is 10.4. The van der Waals surface area contributed by atoms with Gasteiger partial charge in [0.1, 0.15) is 0 Å². The van der Waals surface area contributed by atoms with Gasteiger partial charge < -0.3 is 14.7 Å². The molecule has 0 aromatic carbocycles. The van der Waals surface area contributed by atoms with E-state index < -0.39 is 0 Å². The molecule has 1 N–H and O–H groups in total. The van der Waals surface area contributed by atoms with Crippen LogP contribution in [0.4, 0.5) is 0 Å². The number of aliphatic hydroxyl groups excluding tert-OH is 1. The average Bonchev–Trinajstić information content (AvgIpc) is 2.49. The van der Waals surface area contributed by atoms with Crippen LogP contribution >= 0.6 is 0 Å². The first-order valence-corrected chi connectivity index (χ1v) is 5.72. The van der Waals surface area contributed by atoms with Crippen molar-refractivity contribution in [1.82, 2.24) is 4.90 Å². The summed E-state index contributed by atoms with van der Waals surface area (Å²) in [6.07, 6.45) is 1.92. The predicted molar refractivity (Wildman–Crippen MR) is 55.2 cm³/mol. The summed E-state index contributed by atoms with van der Waals surface area (Å²) in [5, 5.41) is 9.70. The third-order valence-electron chi connectivity index (χ3n) is 4.10. The average molecular weight is 199 g/mol. The number of aliphatic hydroxyl groups is 1. The summed E-state index contributed by atoms with van der Waals surface area (Å²) >= 11 is 0. The van der Waals surface area contributed by atoms with E-state index in [9.17, 15) is 5.11 Å². The molecule has 2 saturated heterocycles. The smallest absolute Gasteiger partial charge is 0.0826 e. The van der Waals surface area contributed by atoms with Gasteiger partial charge in [-0.2, -0.15) is 0 Å². The van der Waals surface area contributed by atoms with Crippen molar-refractivity contribution >= 4 is 0 Å². The molecule has 0 aromatic rings. The number of likely N-dealkylation sites (tertiary alicyclic amines) is 1. The molecule has 3 heteroatoms. The second-order valence-corrected chi connectivity index (χ2v) is 4.67. The van der Waals surface area contributed by atoms with E-state index in [2.05, 4.69) is 18.7 Å². The molecule has 82 valence electrons. The lowest BCUT2D eigenvalue weighted by atomic mass is 9.80. The van der Waals surface area contributed by atoms with Crippen molar-refractivity contribution in [3.63, 3.8) is 0 Å². The summed E-state index contributed by atoms with van der Waals surface area (Å²) in [7, 11) is 0. The lowest BCUT2D eigenvalue weighted by Gasteiger charge is -2.41. The van der Waals surface area contributed by atoms with Crippen molar-refractivity contribution in [2.24, 2.45) is 5.92 Å². The zero-order chi connectivity index (χ0) is 10.2. The van der Waals surface area contributed by atoms with Gasteiger partial charge in [0.15, 0.2) is 0 Å². The maximum atomic E-state index is 9.70. The molecule has 0 radical (unpaired) electrons. The Balaban J connectivity index is 1.99. The molecule has 3 nitrogen and oxygen atoms in total. The first-order valence-electron chi connectivity index (χ1n) is 5.72. The molecule has 1 spiro atoms. The number of rotatable bonds is 1. The van der Waals surface area contributed by atoms with Gasteiger partial charge >= 0.3 is 0 Å². The lowest BCUT2D eigenvalue weighted by molar-refractivity contribution is -0.0624. The predicted octanol–water partition coefficient (Wildman–Crippen LogP) is 0.868. The lowest BCUT2D eigenvalue weighted by Crippen LogP contribution is -2.47. The maximum Gasteiger partial charge on any atom is 0.0826 e. The minimum absolute atomic E-state index is 0.00884. The SMILES string of the molecule is CCN1CCC2(CC1)OCC(O)C2C. The van der Waals surface area contributed by atoms with Crippen LogP contribution in [0, 0.1) is 5.92 Å². The molecule has 0 aromatic heterocycles. The molecule has 2 rings (SSSR count). The van der Waals surface area contributed by atoms with E-state index in [1.165, 1.54) is 0 Å². The van der Waals surface area contributed by atoms with E-state index in [-0.39, 0.29) is 11.7 Å². The van der Waals surface area contributed by atoms with Gasteiger partial charge in [0, 0.05) is 19.0 Å². The topological polar surface area (TPSA) is 32.7 Å². The molecule has 2 aliphatic rings. The van der Waals surface area contributed by atoms with E-state index >= 15 is 0 Å². The van der Waals surface area contributed by atoms with Crippen LogP contribution in [0.2, 0.25) is 0 Å². The van der Waals surface area contributed by atoms with Crippen LogP contribution in [0.1, 0.15) is 26.7 Å². The molecule has 0 saturated carbocycles. The highest BCUT2D eigenvalue weighted by Crippen LogP contribution is 2.40. The Bertz CT molecular complexity index is 199. The summed E-state index contributed by atoms with van der Waals surface area (Å²) in [5.74, 6) is 0.307. The Morgan fingerprint density at radius 3 is 2.50 bits per heavy atom. The van der Waals surface area contributed by atoms with Gasteiger partial charge in [-0.3, -0.25) is 0 Å². The van der Waals surface area contributed by atoms with Gasteiger partial charge in [-0.25, -0.2) is 0 Å². The van der Waals surface area contributed by atoms with Crippen LogP contribution in [-0.4, -0.2) is 48.0 Å². The van der Waals surface area contributed by atoms with Crippen LogP contribution in [0.25, 0.3) is 0 Å². The van der Waals surface area contributed by atoms with Gasteiger partial charge in [-0.1, -0.05) is 13.8 Å². The molecule has 2 fully saturated rings. The third-order valence-corrected chi connectivity index (χ3v) is 4.10. The largest absolute Gasteiger partial charge is 0.390 e. The monoisotopic (exact) mass is 199 g/mol. The summed E-state index contributed by atoms with van der Waals surface area (Å²) in [5.41, 5.74) is -0.00884. The summed E-state index contributed by atoms with van der Waals surface area (Å²) in [6, 6.07) is 0. The van der Waals surface area contributed by atoms with Crippen molar-refractivity contribution in [2.75, 3.05) is 26.2 Å². The Kier molecular flexibility index (Phi) is 2.82. The Morgan fingerprint density at radius 2 is 2.07 bits per heavy atom. The molecule has 2 unspecified atom stereocenters. The highest BCUT2D eigenvalue weighted by Gasteiger charge is 2.47. The number of ether oxygens (including phenoxy) is 1. The molecular weight excluding hydrogens is 178 g/mol. The van der Waals surface area contributed by atoms with Gasteiger partial charge in [0.2, 0.25) is 0 Å². The molecule has 0 amide bonds. The van der Waals surface area contributed by atoms with Gasteiger partial charge in [0.25, 0.3) is 0 Å². The van der Waals surface area contributed by atoms with Crippen LogP contribution in [0.5, 0.6) is 0 Å². The summed E-state index contributed by atoms with van der Waals surface area (Å²) in [6.45, 7) is 8.23. The zero-order valence-corrected chi connectivity index (χ0v) is 9.20. The summed E-state index contributed by atoms with van der Waals surface area (Å²) < 4.78 is 5.82. The molecule has 2 atom stereocenters. The first-order chi connectivity index (χ1) is 6.68. The van der Waals surface area contributed by atoms with Crippen molar-refractivity contribution in [2.45, 2.75) is 38.4 Å². The molecule has 14 heavy (non-hydrogen) atoms. The Morgan fingerprint density at radius 1 is 1.43 bits per heavy atom. The van der Waals surface area contributed by atoms with Crippen LogP contribution < -0.4 is 0 Å². The molecular formula is C11H21NO2. The normalized spacial score (nSPS) is 37.9. The fourth-order valence-corrected chi connectivity index (χ4v) is 2.73. The minimum atomic E-state index is -0.247. The van der Waals surface area contributed by atoms with E-state index in [1.807, 2.05) is 0 Å². The number of piperidine rings is 1. The van der Waals surface area contributed by atoms with Crippen molar-refractivity contribution in [3.8, 4) is 0 Å². The van der Waals surface area contributed by atoms with E-state index in [4.69, 9.17) is 4.74 Å². The number of hydrogen-bond acceptors (Lipinski definition) is 3. The highest BCUT2D eigenvalue weighted by molar-refractivity contribution is 4.98. The highest BCUT2D eigenvalue weighted by atomic mass is 16.5. The molecule has 2 heterocycles. The molecule has 0 aliphatic carbocycles. The molecule has 2 aliphatic heterocycles. The maximum absolute atomic E-state index is 9.70. The summed E-state index contributed by atoms with van der Waals surface area (Å²) in [4.78, 5) is 2.45. The van der Waals surface area contributed by atoms with Crippen molar-refractivity contribution in [1.29, 1.82) is 0 Å². The fraction of sp³-hybridized carbons (Fsp3) is 1.00. The Labute approximate surface area is 86.0 Å². The number of nitrogens with zero attached hydrogens (tertiary/aromatic N) is 1. The third kappa shape index (κ3) is 1.58. The van der Waals surface area contributed by atoms with Crippen LogP contribution in [-0.2, 0) is 4.74 Å². The van der Waals surface area contributed by atoms with Gasteiger partial charge in [-0.05, 0) is 19.4 Å². The van der Waals surface area contributed by atoms with E-state index in [0.29, 0.717) is 12.5 Å². The van der Waals surface area contributed by atoms with Gasteiger partial charge in [-0.15, -0.1) is 0 Å². The quantitative estimate of drug-likeness (QED) is 0.680. The second-order valence-electron chi connectivity index (χ2n) is 4.67. The van der Waals surface area contributed by atoms with E-state index in [0.717, 1.165) is 32.5 Å². The number of hydrogen-bond donors (Lipinski definition) is 1. The molecule has 0 bridgehead atoms.